The van der Waals surface area contributed by atoms with Crippen LogP contribution in [0, 0.1) is 0 Å². The van der Waals surface area contributed by atoms with E-state index in [9.17, 15) is 0 Å². The Morgan fingerprint density at radius 1 is 1.26 bits per heavy atom. The molecule has 1 fully saturated rings. The molecule has 2 rings (SSSR count). The number of hydrogen-bond donors (Lipinski definition) is 1. The molecule has 0 radical (unpaired) electrons. The van der Waals surface area contributed by atoms with Gasteiger partial charge in [0.15, 0.2) is 0 Å². The van der Waals surface area contributed by atoms with Crippen LogP contribution in [0.2, 0.25) is 0 Å². The average Bonchev–Trinajstić information content (AvgIpc) is 2.25. The molecule has 106 valence electrons. The molecule has 0 saturated carbocycles. The molecule has 0 aromatic carbocycles. The molecular formula is C15H25N3O. The standard InChI is InChI=1S/C15H25N3O/c1-6-16-13-9-12(7-8-17-13)18-10-14(2,3)19-15(4,5)11-18/h7-9H,6,10-11H2,1-5H3,(H,16,17). The van der Waals surface area contributed by atoms with Crippen molar-refractivity contribution < 1.29 is 4.74 Å². The van der Waals surface area contributed by atoms with Gasteiger partial charge in [-0.25, -0.2) is 4.98 Å². The summed E-state index contributed by atoms with van der Waals surface area (Å²) in [5.74, 6) is 0.933. The molecule has 1 aliphatic rings. The molecule has 2 heterocycles. The third-order valence-corrected chi connectivity index (χ3v) is 3.16. The van der Waals surface area contributed by atoms with Gasteiger partial charge in [0.2, 0.25) is 0 Å². The minimum Gasteiger partial charge on any atom is -0.370 e. The van der Waals surface area contributed by atoms with Crippen molar-refractivity contribution in [2.75, 3.05) is 29.9 Å². The van der Waals surface area contributed by atoms with Gasteiger partial charge >= 0.3 is 0 Å². The Kier molecular flexibility index (Phi) is 3.72. The van der Waals surface area contributed by atoms with Gasteiger partial charge in [0.25, 0.3) is 0 Å². The molecule has 1 aromatic rings. The van der Waals surface area contributed by atoms with Crippen molar-refractivity contribution in [2.45, 2.75) is 45.8 Å². The van der Waals surface area contributed by atoms with Crippen LogP contribution in [0.1, 0.15) is 34.6 Å². The van der Waals surface area contributed by atoms with Gasteiger partial charge < -0.3 is 15.0 Å². The highest BCUT2D eigenvalue weighted by molar-refractivity contribution is 5.54. The molecule has 1 aliphatic heterocycles. The average molecular weight is 263 g/mol. The van der Waals surface area contributed by atoms with Gasteiger partial charge in [0.05, 0.1) is 11.2 Å². The molecule has 1 N–H and O–H groups in total. The van der Waals surface area contributed by atoms with Crippen LogP contribution >= 0.6 is 0 Å². The first kappa shape index (κ1) is 14.1. The fourth-order valence-corrected chi connectivity index (χ4v) is 2.86. The van der Waals surface area contributed by atoms with E-state index in [2.05, 4.69) is 62.0 Å². The van der Waals surface area contributed by atoms with E-state index in [0.717, 1.165) is 25.5 Å². The smallest absolute Gasteiger partial charge is 0.127 e. The molecule has 0 bridgehead atoms. The van der Waals surface area contributed by atoms with E-state index >= 15 is 0 Å². The van der Waals surface area contributed by atoms with Crippen LogP contribution < -0.4 is 10.2 Å². The predicted molar refractivity (Wildman–Crippen MR) is 79.9 cm³/mol. The second-order valence-corrected chi connectivity index (χ2v) is 6.41. The summed E-state index contributed by atoms with van der Waals surface area (Å²) in [6.07, 6.45) is 1.86. The van der Waals surface area contributed by atoms with Crippen LogP contribution in [0.3, 0.4) is 0 Å². The molecule has 0 amide bonds. The molecule has 0 spiro atoms. The summed E-state index contributed by atoms with van der Waals surface area (Å²) in [7, 11) is 0. The first-order valence-corrected chi connectivity index (χ1v) is 6.96. The minimum absolute atomic E-state index is 0.136. The molecule has 4 heteroatoms. The maximum absolute atomic E-state index is 6.12. The number of rotatable bonds is 3. The molecule has 0 atom stereocenters. The van der Waals surface area contributed by atoms with Crippen molar-refractivity contribution in [3.63, 3.8) is 0 Å². The maximum Gasteiger partial charge on any atom is 0.127 e. The molecule has 0 unspecified atom stereocenters. The Balaban J connectivity index is 2.23. The van der Waals surface area contributed by atoms with E-state index < -0.39 is 0 Å². The Morgan fingerprint density at radius 3 is 2.47 bits per heavy atom. The summed E-state index contributed by atoms with van der Waals surface area (Å²) < 4.78 is 6.12. The maximum atomic E-state index is 6.12. The number of ether oxygens (including phenoxy) is 1. The van der Waals surface area contributed by atoms with Gasteiger partial charge in [0, 0.05) is 37.6 Å². The summed E-state index contributed by atoms with van der Waals surface area (Å²) in [6, 6.07) is 4.18. The van der Waals surface area contributed by atoms with Crippen LogP contribution in [0.5, 0.6) is 0 Å². The monoisotopic (exact) mass is 263 g/mol. The van der Waals surface area contributed by atoms with Gasteiger partial charge in [-0.1, -0.05) is 0 Å². The Bertz CT molecular complexity index is 427. The zero-order valence-electron chi connectivity index (χ0n) is 12.7. The van der Waals surface area contributed by atoms with Gasteiger partial charge in [-0.15, -0.1) is 0 Å². The third kappa shape index (κ3) is 3.60. The van der Waals surface area contributed by atoms with Crippen LogP contribution in [0.25, 0.3) is 0 Å². The number of hydrogen-bond acceptors (Lipinski definition) is 4. The van der Waals surface area contributed by atoms with Gasteiger partial charge in [0.1, 0.15) is 5.82 Å². The van der Waals surface area contributed by atoms with Gasteiger partial charge in [-0.05, 0) is 40.7 Å². The third-order valence-electron chi connectivity index (χ3n) is 3.16. The lowest BCUT2D eigenvalue weighted by atomic mass is 9.98. The molecule has 1 aromatic heterocycles. The lowest BCUT2D eigenvalue weighted by Crippen LogP contribution is -2.57. The topological polar surface area (TPSA) is 37.4 Å². The Labute approximate surface area is 116 Å². The van der Waals surface area contributed by atoms with E-state index in [1.807, 2.05) is 6.20 Å². The van der Waals surface area contributed by atoms with Crippen molar-refractivity contribution in [3.8, 4) is 0 Å². The first-order chi connectivity index (χ1) is 8.81. The summed E-state index contributed by atoms with van der Waals surface area (Å²) in [4.78, 5) is 6.71. The highest BCUT2D eigenvalue weighted by atomic mass is 16.5. The van der Waals surface area contributed by atoms with E-state index in [1.165, 1.54) is 5.69 Å². The van der Waals surface area contributed by atoms with E-state index in [-0.39, 0.29) is 11.2 Å². The van der Waals surface area contributed by atoms with Crippen molar-refractivity contribution in [2.24, 2.45) is 0 Å². The van der Waals surface area contributed by atoms with Crippen LogP contribution in [0.15, 0.2) is 18.3 Å². The summed E-state index contributed by atoms with van der Waals surface area (Å²) in [5.41, 5.74) is 0.933. The normalized spacial score (nSPS) is 21.2. The number of aromatic nitrogens is 1. The van der Waals surface area contributed by atoms with Gasteiger partial charge in [-0.3, -0.25) is 0 Å². The number of nitrogens with one attached hydrogen (secondary N) is 1. The number of pyridine rings is 1. The van der Waals surface area contributed by atoms with Crippen LogP contribution in [0.4, 0.5) is 11.5 Å². The van der Waals surface area contributed by atoms with Crippen LogP contribution in [-0.2, 0) is 4.74 Å². The van der Waals surface area contributed by atoms with Crippen molar-refractivity contribution in [1.29, 1.82) is 0 Å². The second kappa shape index (κ2) is 5.00. The number of nitrogens with zero attached hydrogens (tertiary/aromatic N) is 2. The molecular weight excluding hydrogens is 238 g/mol. The highest BCUT2D eigenvalue weighted by Gasteiger charge is 2.38. The van der Waals surface area contributed by atoms with E-state index in [0.29, 0.717) is 0 Å². The molecule has 1 saturated heterocycles. The zero-order valence-corrected chi connectivity index (χ0v) is 12.7. The van der Waals surface area contributed by atoms with Crippen LogP contribution in [-0.4, -0.2) is 35.8 Å². The lowest BCUT2D eigenvalue weighted by Gasteiger charge is -2.48. The lowest BCUT2D eigenvalue weighted by molar-refractivity contribution is -0.133. The fourth-order valence-electron chi connectivity index (χ4n) is 2.86. The summed E-state index contributed by atoms with van der Waals surface area (Å²) in [5, 5.41) is 3.26. The quantitative estimate of drug-likeness (QED) is 0.910. The Hall–Kier alpha value is -1.29. The molecule has 0 aliphatic carbocycles. The number of anilines is 2. The first-order valence-electron chi connectivity index (χ1n) is 6.96. The van der Waals surface area contributed by atoms with Gasteiger partial charge in [-0.2, -0.15) is 0 Å². The number of morpholine rings is 1. The predicted octanol–water partition coefficient (Wildman–Crippen LogP) is 2.91. The molecule has 4 nitrogen and oxygen atoms in total. The summed E-state index contributed by atoms with van der Waals surface area (Å²) >= 11 is 0. The summed E-state index contributed by atoms with van der Waals surface area (Å²) in [6.45, 7) is 13.3. The fraction of sp³-hybridized carbons (Fsp3) is 0.667. The second-order valence-electron chi connectivity index (χ2n) is 6.41. The largest absolute Gasteiger partial charge is 0.370 e. The molecule has 19 heavy (non-hydrogen) atoms. The highest BCUT2D eigenvalue weighted by Crippen LogP contribution is 2.31. The van der Waals surface area contributed by atoms with E-state index in [1.54, 1.807) is 0 Å². The van der Waals surface area contributed by atoms with E-state index in [4.69, 9.17) is 4.74 Å². The minimum atomic E-state index is -0.136. The van der Waals surface area contributed by atoms with Crippen molar-refractivity contribution in [1.82, 2.24) is 4.98 Å². The SMILES string of the molecule is CCNc1cc(N2CC(C)(C)OC(C)(C)C2)ccn1. The van der Waals surface area contributed by atoms with Crippen molar-refractivity contribution >= 4 is 11.5 Å². The van der Waals surface area contributed by atoms with Crippen molar-refractivity contribution in [3.05, 3.63) is 18.3 Å². The zero-order chi connectivity index (χ0) is 14.1. The Morgan fingerprint density at radius 2 is 1.89 bits per heavy atom.